The first-order chi connectivity index (χ1) is 10.8. The Labute approximate surface area is 135 Å². The highest BCUT2D eigenvalue weighted by atomic mass is 16.5. The molecule has 0 aliphatic carbocycles. The minimum absolute atomic E-state index is 0.348. The molecule has 22 heavy (non-hydrogen) atoms. The van der Waals surface area contributed by atoms with Crippen molar-refractivity contribution in [1.82, 2.24) is 16.2 Å². The van der Waals surface area contributed by atoms with Gasteiger partial charge in [-0.25, -0.2) is 5.43 Å². The smallest absolute Gasteiger partial charge is 0.119 e. The molecule has 4 heteroatoms. The van der Waals surface area contributed by atoms with Crippen molar-refractivity contribution in [2.75, 3.05) is 20.2 Å². The molecule has 4 nitrogen and oxygen atoms in total. The molecule has 0 aromatic heterocycles. The highest BCUT2D eigenvalue weighted by Gasteiger charge is 2.33. The van der Waals surface area contributed by atoms with E-state index in [1.807, 2.05) is 7.05 Å². The third kappa shape index (κ3) is 4.70. The topological polar surface area (TPSA) is 45.3 Å². The molecular formula is C18H31N3O. The lowest BCUT2D eigenvalue weighted by Gasteiger charge is -2.21. The normalized spacial score (nSPS) is 24.6. The average molecular weight is 305 g/mol. The second-order valence-corrected chi connectivity index (χ2v) is 6.25. The number of unbranched alkanes of at least 4 members (excludes halogenated alkanes) is 3. The maximum atomic E-state index is 5.82. The molecule has 3 atom stereocenters. The minimum Gasteiger partial charge on any atom is -0.494 e. The highest BCUT2D eigenvalue weighted by Crippen LogP contribution is 2.29. The quantitative estimate of drug-likeness (QED) is 0.614. The molecule has 2 rings (SSSR count). The second kappa shape index (κ2) is 9.13. The first kappa shape index (κ1) is 17.3. The molecule has 1 heterocycles. The van der Waals surface area contributed by atoms with E-state index in [1.165, 1.54) is 24.8 Å². The van der Waals surface area contributed by atoms with Gasteiger partial charge >= 0.3 is 0 Å². The number of nitrogens with one attached hydrogen (secondary N) is 3. The third-order valence-corrected chi connectivity index (χ3v) is 4.48. The zero-order chi connectivity index (χ0) is 15.8. The minimum atomic E-state index is 0.348. The van der Waals surface area contributed by atoms with Crippen LogP contribution in [0.4, 0.5) is 0 Å². The number of hydrogen-bond donors (Lipinski definition) is 3. The largest absolute Gasteiger partial charge is 0.494 e. The van der Waals surface area contributed by atoms with E-state index in [0.29, 0.717) is 18.0 Å². The Morgan fingerprint density at radius 2 is 1.86 bits per heavy atom. The second-order valence-electron chi connectivity index (χ2n) is 6.25. The van der Waals surface area contributed by atoms with Crippen molar-refractivity contribution in [1.29, 1.82) is 0 Å². The van der Waals surface area contributed by atoms with Gasteiger partial charge < -0.3 is 10.1 Å². The molecule has 0 saturated carbocycles. The zero-order valence-corrected chi connectivity index (χ0v) is 14.2. The highest BCUT2D eigenvalue weighted by molar-refractivity contribution is 5.30. The van der Waals surface area contributed by atoms with E-state index in [2.05, 4.69) is 54.3 Å². The zero-order valence-electron chi connectivity index (χ0n) is 14.2. The molecule has 1 fully saturated rings. The summed E-state index contributed by atoms with van der Waals surface area (Å²) in [6.07, 6.45) is 4.97. The molecule has 0 bridgehead atoms. The predicted octanol–water partition coefficient (Wildman–Crippen LogP) is 3.02. The maximum Gasteiger partial charge on any atom is 0.119 e. The van der Waals surface area contributed by atoms with Crippen molar-refractivity contribution in [3.05, 3.63) is 29.8 Å². The fourth-order valence-electron chi connectivity index (χ4n) is 3.08. The van der Waals surface area contributed by atoms with E-state index in [1.54, 1.807) is 0 Å². The van der Waals surface area contributed by atoms with E-state index in [-0.39, 0.29) is 0 Å². The Balaban J connectivity index is 1.85. The number of benzene rings is 1. The van der Waals surface area contributed by atoms with Crippen molar-refractivity contribution in [2.45, 2.75) is 51.6 Å². The van der Waals surface area contributed by atoms with Crippen LogP contribution in [-0.2, 0) is 0 Å². The van der Waals surface area contributed by atoms with Crippen LogP contribution < -0.4 is 20.9 Å². The van der Waals surface area contributed by atoms with Crippen LogP contribution in [-0.4, -0.2) is 26.2 Å². The van der Waals surface area contributed by atoms with Gasteiger partial charge in [0.25, 0.3) is 0 Å². The Morgan fingerprint density at radius 1 is 1.09 bits per heavy atom. The van der Waals surface area contributed by atoms with Gasteiger partial charge in [0.2, 0.25) is 0 Å². The van der Waals surface area contributed by atoms with Crippen LogP contribution >= 0.6 is 0 Å². The number of hydrogen-bond acceptors (Lipinski definition) is 4. The van der Waals surface area contributed by atoms with Crippen molar-refractivity contribution in [3.63, 3.8) is 0 Å². The lowest BCUT2D eigenvalue weighted by Crippen LogP contribution is -2.31. The molecule has 1 aliphatic heterocycles. The number of hydrazine groups is 1. The molecule has 1 aliphatic rings. The van der Waals surface area contributed by atoms with E-state index >= 15 is 0 Å². The average Bonchev–Trinajstić information content (AvgIpc) is 2.89. The Hall–Kier alpha value is -1.10. The van der Waals surface area contributed by atoms with Crippen LogP contribution in [0.25, 0.3) is 0 Å². The number of ether oxygens (including phenoxy) is 1. The first-order valence-electron chi connectivity index (χ1n) is 8.64. The van der Waals surface area contributed by atoms with E-state index < -0.39 is 0 Å². The van der Waals surface area contributed by atoms with E-state index in [0.717, 1.165) is 25.3 Å². The molecule has 0 radical (unpaired) electrons. The van der Waals surface area contributed by atoms with Gasteiger partial charge in [-0.05, 0) is 38.1 Å². The molecule has 1 saturated heterocycles. The van der Waals surface area contributed by atoms with Crippen LogP contribution in [0.1, 0.15) is 51.1 Å². The molecule has 0 spiro atoms. The van der Waals surface area contributed by atoms with Gasteiger partial charge in [0.05, 0.1) is 12.6 Å². The molecule has 1 aromatic carbocycles. The molecular weight excluding hydrogens is 274 g/mol. The van der Waals surface area contributed by atoms with Gasteiger partial charge in [-0.15, -0.1) is 0 Å². The Morgan fingerprint density at radius 3 is 2.55 bits per heavy atom. The maximum absolute atomic E-state index is 5.82. The fraction of sp³-hybridized carbons (Fsp3) is 0.667. The standard InChI is InChI=1S/C18H31N3O/c1-4-5-6-7-12-22-16-10-8-15(9-11-16)18-17(13-19-3)14(2)20-21-18/h8-11,14,17-21H,4-7,12-13H2,1-3H3. The molecule has 124 valence electrons. The third-order valence-electron chi connectivity index (χ3n) is 4.48. The van der Waals surface area contributed by atoms with Crippen molar-refractivity contribution >= 4 is 0 Å². The summed E-state index contributed by atoms with van der Waals surface area (Å²) in [5.74, 6) is 1.52. The van der Waals surface area contributed by atoms with Gasteiger partial charge in [-0.2, -0.15) is 0 Å². The summed E-state index contributed by atoms with van der Waals surface area (Å²) < 4.78 is 5.82. The van der Waals surface area contributed by atoms with Gasteiger partial charge in [0.15, 0.2) is 0 Å². The van der Waals surface area contributed by atoms with E-state index in [9.17, 15) is 0 Å². The summed E-state index contributed by atoms with van der Waals surface area (Å²) in [7, 11) is 2.01. The van der Waals surface area contributed by atoms with Gasteiger partial charge in [-0.1, -0.05) is 38.3 Å². The van der Waals surface area contributed by atoms with Crippen molar-refractivity contribution in [3.8, 4) is 5.75 Å². The predicted molar refractivity (Wildman–Crippen MR) is 92.0 cm³/mol. The summed E-state index contributed by atoms with van der Waals surface area (Å²) in [5, 5.41) is 3.29. The van der Waals surface area contributed by atoms with E-state index in [4.69, 9.17) is 4.74 Å². The Bertz CT molecular complexity index is 421. The van der Waals surface area contributed by atoms with Gasteiger partial charge in [0, 0.05) is 18.5 Å². The summed E-state index contributed by atoms with van der Waals surface area (Å²) in [5.41, 5.74) is 8.08. The first-order valence-corrected chi connectivity index (χ1v) is 8.64. The van der Waals surface area contributed by atoms with Crippen LogP contribution in [0.2, 0.25) is 0 Å². The SMILES string of the molecule is CCCCCCOc1ccc(C2NNC(C)C2CNC)cc1. The summed E-state index contributed by atoms with van der Waals surface area (Å²) in [6.45, 7) is 6.28. The summed E-state index contributed by atoms with van der Waals surface area (Å²) in [6, 6.07) is 9.36. The monoisotopic (exact) mass is 305 g/mol. The van der Waals surface area contributed by atoms with Crippen molar-refractivity contribution in [2.24, 2.45) is 5.92 Å². The molecule has 3 N–H and O–H groups in total. The Kier molecular flexibility index (Phi) is 7.16. The van der Waals surface area contributed by atoms with Gasteiger partial charge in [-0.3, -0.25) is 5.43 Å². The summed E-state index contributed by atoms with van der Waals surface area (Å²) >= 11 is 0. The van der Waals surface area contributed by atoms with Crippen LogP contribution in [0.5, 0.6) is 5.75 Å². The van der Waals surface area contributed by atoms with Gasteiger partial charge in [0.1, 0.15) is 5.75 Å². The molecule has 1 aromatic rings. The molecule has 0 amide bonds. The summed E-state index contributed by atoms with van der Waals surface area (Å²) in [4.78, 5) is 0. The van der Waals surface area contributed by atoms with Crippen molar-refractivity contribution < 1.29 is 4.74 Å². The van der Waals surface area contributed by atoms with Crippen LogP contribution in [0, 0.1) is 5.92 Å². The number of rotatable bonds is 9. The fourth-order valence-corrected chi connectivity index (χ4v) is 3.08. The van der Waals surface area contributed by atoms with Crippen LogP contribution in [0.15, 0.2) is 24.3 Å². The lowest BCUT2D eigenvalue weighted by molar-refractivity contribution is 0.305. The van der Waals surface area contributed by atoms with Crippen LogP contribution in [0.3, 0.4) is 0 Å². The molecule has 3 unspecified atom stereocenters. The lowest BCUT2D eigenvalue weighted by atomic mass is 9.90.